The van der Waals surface area contributed by atoms with Crippen LogP contribution in [-0.2, 0) is 19.1 Å². The highest BCUT2D eigenvalue weighted by Gasteiger charge is 2.22. The van der Waals surface area contributed by atoms with Gasteiger partial charge in [0.25, 0.3) is 0 Å². The maximum absolute atomic E-state index is 12.0. The van der Waals surface area contributed by atoms with Crippen LogP contribution in [0.4, 0.5) is 0 Å². The monoisotopic (exact) mass is 372 g/mol. The van der Waals surface area contributed by atoms with Gasteiger partial charge in [0.15, 0.2) is 6.10 Å². The summed E-state index contributed by atoms with van der Waals surface area (Å²) in [6, 6.07) is 0. The highest BCUT2D eigenvalue weighted by Crippen LogP contribution is 2.27. The Kier molecular flexibility index (Phi) is 10.4. The van der Waals surface area contributed by atoms with Crippen molar-refractivity contribution in [3.63, 3.8) is 0 Å². The van der Waals surface area contributed by atoms with Crippen molar-refractivity contribution in [1.82, 2.24) is 0 Å². The van der Waals surface area contributed by atoms with Gasteiger partial charge in [0, 0.05) is 12.8 Å². The zero-order chi connectivity index (χ0) is 20.5. The number of hydrogen-bond donors (Lipinski definition) is 1. The third kappa shape index (κ3) is 14.1. The Morgan fingerprint density at radius 2 is 1.27 bits per heavy atom. The van der Waals surface area contributed by atoms with Gasteiger partial charge in [0.05, 0.1) is 6.61 Å². The average molecular weight is 373 g/mol. The fraction of sp³-hybridized carbons (Fsp3) is 0.905. The molecule has 0 spiro atoms. The van der Waals surface area contributed by atoms with Crippen LogP contribution in [0, 0.1) is 22.7 Å². The lowest BCUT2D eigenvalue weighted by Crippen LogP contribution is -2.29. The zero-order valence-corrected chi connectivity index (χ0v) is 18.1. The highest BCUT2D eigenvalue weighted by atomic mass is 16.6. The van der Waals surface area contributed by atoms with Crippen LogP contribution in [0.15, 0.2) is 0 Å². The first-order valence-electron chi connectivity index (χ1n) is 9.68. The first kappa shape index (κ1) is 24.9. The van der Waals surface area contributed by atoms with Crippen LogP contribution in [0.5, 0.6) is 0 Å². The van der Waals surface area contributed by atoms with E-state index in [1.54, 1.807) is 0 Å². The summed E-state index contributed by atoms with van der Waals surface area (Å²) in [6.45, 7) is 16.4. The van der Waals surface area contributed by atoms with Crippen LogP contribution in [0.2, 0.25) is 0 Å². The molecule has 0 aromatic rings. The molecule has 0 saturated carbocycles. The van der Waals surface area contributed by atoms with Crippen molar-refractivity contribution in [3.8, 4) is 0 Å². The molecular weight excluding hydrogens is 332 g/mol. The second kappa shape index (κ2) is 10.9. The predicted molar refractivity (Wildman–Crippen MR) is 104 cm³/mol. The molecule has 3 atom stereocenters. The van der Waals surface area contributed by atoms with Gasteiger partial charge in [-0.1, -0.05) is 55.4 Å². The fourth-order valence-corrected chi connectivity index (χ4v) is 3.41. The number of aliphatic hydroxyl groups is 1. The molecule has 1 N–H and O–H groups in total. The Bertz CT molecular complexity index is 431. The first-order valence-corrected chi connectivity index (χ1v) is 9.68. The number of ether oxygens (including phenoxy) is 2. The lowest BCUT2D eigenvalue weighted by molar-refractivity contribution is -0.162. The van der Waals surface area contributed by atoms with Crippen molar-refractivity contribution in [3.05, 3.63) is 0 Å². The summed E-state index contributed by atoms with van der Waals surface area (Å²) in [5, 5.41) is 9.37. The van der Waals surface area contributed by atoms with Gasteiger partial charge in [-0.2, -0.15) is 0 Å². The SMILES string of the molecule is CC(CC(=O)OCC(CO)OC(=O)CC(C)CC(C)(C)C)CC(C)(C)C. The maximum Gasteiger partial charge on any atom is 0.306 e. The summed E-state index contributed by atoms with van der Waals surface area (Å²) in [4.78, 5) is 23.9. The summed E-state index contributed by atoms with van der Waals surface area (Å²) in [5.41, 5.74) is 0.308. The van der Waals surface area contributed by atoms with Crippen LogP contribution in [0.1, 0.15) is 81.1 Å². The van der Waals surface area contributed by atoms with E-state index in [2.05, 4.69) is 41.5 Å². The van der Waals surface area contributed by atoms with E-state index in [1.807, 2.05) is 13.8 Å². The molecule has 0 aliphatic rings. The van der Waals surface area contributed by atoms with Gasteiger partial charge in [-0.15, -0.1) is 0 Å². The van der Waals surface area contributed by atoms with E-state index in [-0.39, 0.29) is 47.8 Å². The number of esters is 2. The number of rotatable bonds is 10. The molecule has 0 aliphatic carbocycles. The molecule has 0 fully saturated rings. The second-order valence-electron chi connectivity index (χ2n) is 10.1. The van der Waals surface area contributed by atoms with Crippen LogP contribution in [-0.4, -0.2) is 36.4 Å². The minimum absolute atomic E-state index is 0.100. The molecule has 5 heteroatoms. The van der Waals surface area contributed by atoms with Crippen molar-refractivity contribution in [1.29, 1.82) is 0 Å². The van der Waals surface area contributed by atoms with Crippen LogP contribution in [0.3, 0.4) is 0 Å². The van der Waals surface area contributed by atoms with E-state index in [1.165, 1.54) is 0 Å². The smallest absolute Gasteiger partial charge is 0.306 e. The molecular formula is C21H40O5. The number of hydrogen-bond acceptors (Lipinski definition) is 5. The Balaban J connectivity index is 4.26. The van der Waals surface area contributed by atoms with Crippen LogP contribution in [0.25, 0.3) is 0 Å². The summed E-state index contributed by atoms with van der Waals surface area (Å²) in [7, 11) is 0. The van der Waals surface area contributed by atoms with Gasteiger partial charge in [-0.3, -0.25) is 9.59 Å². The van der Waals surface area contributed by atoms with Crippen molar-refractivity contribution in [2.45, 2.75) is 87.2 Å². The van der Waals surface area contributed by atoms with Gasteiger partial charge in [0.2, 0.25) is 0 Å². The van der Waals surface area contributed by atoms with Gasteiger partial charge in [-0.25, -0.2) is 0 Å². The Morgan fingerprint density at radius 1 is 0.846 bits per heavy atom. The summed E-state index contributed by atoms with van der Waals surface area (Å²) >= 11 is 0. The molecule has 0 bridgehead atoms. The van der Waals surface area contributed by atoms with E-state index in [0.29, 0.717) is 12.8 Å². The maximum atomic E-state index is 12.0. The normalized spacial score (nSPS) is 15.9. The topological polar surface area (TPSA) is 72.8 Å². The molecule has 5 nitrogen and oxygen atoms in total. The minimum Gasteiger partial charge on any atom is -0.462 e. The molecule has 3 unspecified atom stereocenters. The predicted octanol–water partition coefficient (Wildman–Crippen LogP) is 4.36. The van der Waals surface area contributed by atoms with Gasteiger partial charge in [-0.05, 0) is 35.5 Å². The molecule has 0 aliphatic heterocycles. The average Bonchev–Trinajstić information content (AvgIpc) is 2.38. The van der Waals surface area contributed by atoms with Gasteiger partial charge in [0.1, 0.15) is 6.61 Å². The van der Waals surface area contributed by atoms with Crippen LogP contribution >= 0.6 is 0 Å². The molecule has 0 aromatic carbocycles. The van der Waals surface area contributed by atoms with E-state index in [0.717, 1.165) is 12.8 Å². The lowest BCUT2D eigenvalue weighted by atomic mass is 9.84. The molecule has 26 heavy (non-hydrogen) atoms. The quantitative estimate of drug-likeness (QED) is 0.577. The minimum atomic E-state index is -0.800. The van der Waals surface area contributed by atoms with Gasteiger partial charge >= 0.3 is 11.9 Å². The summed E-state index contributed by atoms with van der Waals surface area (Å²) in [6.07, 6.45) is 1.65. The Labute approximate surface area is 159 Å². The third-order valence-electron chi connectivity index (χ3n) is 3.88. The second-order valence-corrected chi connectivity index (χ2v) is 10.1. The van der Waals surface area contributed by atoms with E-state index in [9.17, 15) is 14.7 Å². The first-order chi connectivity index (χ1) is 11.7. The van der Waals surface area contributed by atoms with Crippen molar-refractivity contribution in [2.24, 2.45) is 22.7 Å². The molecule has 0 radical (unpaired) electrons. The van der Waals surface area contributed by atoms with Crippen molar-refractivity contribution < 1.29 is 24.2 Å². The fourth-order valence-electron chi connectivity index (χ4n) is 3.41. The highest BCUT2D eigenvalue weighted by molar-refractivity contribution is 5.70. The van der Waals surface area contributed by atoms with E-state index < -0.39 is 6.10 Å². The molecule has 0 aromatic heterocycles. The zero-order valence-electron chi connectivity index (χ0n) is 18.1. The molecule has 154 valence electrons. The molecule has 0 heterocycles. The number of carbonyl (C=O) groups is 2. The molecule has 0 amide bonds. The Hall–Kier alpha value is -1.10. The molecule has 0 rings (SSSR count). The van der Waals surface area contributed by atoms with Crippen LogP contribution < -0.4 is 0 Å². The van der Waals surface area contributed by atoms with E-state index >= 15 is 0 Å². The largest absolute Gasteiger partial charge is 0.462 e. The van der Waals surface area contributed by atoms with E-state index in [4.69, 9.17) is 9.47 Å². The van der Waals surface area contributed by atoms with Gasteiger partial charge < -0.3 is 14.6 Å². The number of aliphatic hydroxyl groups excluding tert-OH is 1. The summed E-state index contributed by atoms with van der Waals surface area (Å²) < 4.78 is 10.4. The van der Waals surface area contributed by atoms with Crippen molar-refractivity contribution in [2.75, 3.05) is 13.2 Å². The molecule has 0 saturated heterocycles. The Morgan fingerprint density at radius 3 is 1.65 bits per heavy atom. The number of carbonyl (C=O) groups excluding carboxylic acids is 2. The van der Waals surface area contributed by atoms with Crippen molar-refractivity contribution >= 4 is 11.9 Å². The standard InChI is InChI=1S/C21H40O5/c1-15(11-20(3,4)5)9-18(23)25-14-17(13-22)26-19(24)10-16(2)12-21(6,7)8/h15-17,22H,9-14H2,1-8H3. The lowest BCUT2D eigenvalue weighted by Gasteiger charge is -2.24. The summed E-state index contributed by atoms with van der Waals surface area (Å²) in [5.74, 6) is -0.270. The third-order valence-corrected chi connectivity index (χ3v) is 3.88.